The Morgan fingerprint density at radius 1 is 0.296 bits per heavy atom. The maximum atomic E-state index is 6.65. The van der Waals surface area contributed by atoms with Gasteiger partial charge in [0.15, 0.2) is 0 Å². The molecule has 10 rings (SSSR count). The summed E-state index contributed by atoms with van der Waals surface area (Å²) in [6.45, 7) is 0. The van der Waals surface area contributed by atoms with Crippen LogP contribution in [-0.2, 0) is 0 Å². The second kappa shape index (κ2) is 13.4. The van der Waals surface area contributed by atoms with Crippen molar-refractivity contribution in [3.63, 3.8) is 0 Å². The lowest BCUT2D eigenvalue weighted by Crippen LogP contribution is -2.10. The van der Waals surface area contributed by atoms with E-state index >= 15 is 0 Å². The van der Waals surface area contributed by atoms with Crippen molar-refractivity contribution in [3.8, 4) is 44.5 Å². The highest BCUT2D eigenvalue weighted by atomic mass is 16.3. The molecule has 0 saturated carbocycles. The van der Waals surface area contributed by atoms with E-state index in [0.29, 0.717) is 0 Å². The van der Waals surface area contributed by atoms with Crippen molar-refractivity contribution in [3.05, 3.63) is 212 Å². The van der Waals surface area contributed by atoms with Gasteiger partial charge in [0.05, 0.1) is 0 Å². The molecule has 0 atom stereocenters. The molecule has 0 aliphatic heterocycles. The molecular weight excluding hydrogens is 655 g/mol. The lowest BCUT2D eigenvalue weighted by molar-refractivity contribution is 0.670. The minimum atomic E-state index is 0.880. The monoisotopic (exact) mass is 689 g/mol. The van der Waals surface area contributed by atoms with Gasteiger partial charge in [-0.05, 0) is 92.2 Å². The minimum Gasteiger partial charge on any atom is -0.455 e. The molecular formula is C52H35NO. The first kappa shape index (κ1) is 31.6. The molecule has 0 unspecified atom stereocenters. The highest BCUT2D eigenvalue weighted by Gasteiger charge is 2.20. The molecule has 0 N–H and O–H groups in total. The number of rotatable bonds is 7. The maximum Gasteiger partial charge on any atom is 0.143 e. The first-order chi connectivity index (χ1) is 26.8. The highest BCUT2D eigenvalue weighted by molar-refractivity contribution is 6.11. The first-order valence-electron chi connectivity index (χ1n) is 18.4. The normalized spacial score (nSPS) is 11.3. The number of hydrogen-bond donors (Lipinski definition) is 0. The van der Waals surface area contributed by atoms with E-state index < -0.39 is 0 Å². The van der Waals surface area contributed by atoms with Crippen LogP contribution in [0.3, 0.4) is 0 Å². The summed E-state index contributed by atoms with van der Waals surface area (Å²) >= 11 is 0. The summed E-state index contributed by atoms with van der Waals surface area (Å²) in [7, 11) is 0. The van der Waals surface area contributed by atoms with E-state index in [9.17, 15) is 0 Å². The Bertz CT molecular complexity index is 2880. The molecule has 254 valence electrons. The summed E-state index contributed by atoms with van der Waals surface area (Å²) in [6.07, 6.45) is 0. The Hall–Kier alpha value is -7.16. The topological polar surface area (TPSA) is 16.4 Å². The number of fused-ring (bicyclic) bond motifs is 4. The van der Waals surface area contributed by atoms with Crippen LogP contribution in [0.15, 0.2) is 217 Å². The van der Waals surface area contributed by atoms with Crippen LogP contribution >= 0.6 is 0 Å². The molecule has 2 heteroatoms. The van der Waals surface area contributed by atoms with Gasteiger partial charge in [-0.1, -0.05) is 170 Å². The zero-order chi connectivity index (χ0) is 35.8. The molecule has 0 aliphatic rings. The SMILES string of the molecule is c1ccc(-c2ccc(-c3cc(N(c4ccc(-c5ccccc5)cc4)c4ccc(-c5cccc6ccccc56)cc4)cc4c3oc3ccccc34)cc2)cc1. The van der Waals surface area contributed by atoms with E-state index in [0.717, 1.165) is 50.1 Å². The zero-order valence-electron chi connectivity index (χ0n) is 29.6. The molecule has 1 aromatic heterocycles. The largest absolute Gasteiger partial charge is 0.455 e. The molecule has 0 aliphatic carbocycles. The molecule has 0 saturated heterocycles. The van der Waals surface area contributed by atoms with Crippen LogP contribution in [0.1, 0.15) is 0 Å². The Morgan fingerprint density at radius 2 is 0.778 bits per heavy atom. The van der Waals surface area contributed by atoms with Gasteiger partial charge in [0.1, 0.15) is 11.2 Å². The minimum absolute atomic E-state index is 0.880. The summed E-state index contributed by atoms with van der Waals surface area (Å²) in [6, 6.07) is 75.8. The number of nitrogens with zero attached hydrogens (tertiary/aromatic N) is 1. The van der Waals surface area contributed by atoms with Gasteiger partial charge in [0, 0.05) is 33.4 Å². The smallest absolute Gasteiger partial charge is 0.143 e. The van der Waals surface area contributed by atoms with Crippen molar-refractivity contribution in [2.24, 2.45) is 0 Å². The molecule has 0 bridgehead atoms. The third kappa shape index (κ3) is 5.71. The van der Waals surface area contributed by atoms with E-state index in [4.69, 9.17) is 4.42 Å². The fourth-order valence-electron chi connectivity index (χ4n) is 7.78. The predicted molar refractivity (Wildman–Crippen MR) is 228 cm³/mol. The van der Waals surface area contributed by atoms with Gasteiger partial charge >= 0.3 is 0 Å². The molecule has 0 fully saturated rings. The average molecular weight is 690 g/mol. The van der Waals surface area contributed by atoms with Crippen LogP contribution in [0.4, 0.5) is 17.1 Å². The molecule has 9 aromatic carbocycles. The lowest BCUT2D eigenvalue weighted by Gasteiger charge is -2.27. The zero-order valence-corrected chi connectivity index (χ0v) is 29.6. The standard InChI is InChI=1S/C52H35NO/c1-3-12-36(13-4-1)38-22-24-42(25-23-38)49-34-45(35-50-48-19-9-10-21-51(48)54-52(49)50)53(43-30-26-39(27-31-43)37-14-5-2-6-15-37)44-32-28-41(29-33-44)47-20-11-17-40-16-7-8-18-46(40)47/h1-35H. The van der Waals surface area contributed by atoms with Crippen LogP contribution in [0, 0.1) is 0 Å². The molecule has 0 spiro atoms. The van der Waals surface area contributed by atoms with E-state index in [2.05, 4.69) is 211 Å². The van der Waals surface area contributed by atoms with E-state index in [-0.39, 0.29) is 0 Å². The number of anilines is 3. The van der Waals surface area contributed by atoms with Crippen LogP contribution < -0.4 is 4.90 Å². The van der Waals surface area contributed by atoms with E-state index in [1.165, 1.54) is 44.2 Å². The maximum absolute atomic E-state index is 6.65. The van der Waals surface area contributed by atoms with Crippen molar-refractivity contribution in [2.45, 2.75) is 0 Å². The first-order valence-corrected chi connectivity index (χ1v) is 18.4. The fraction of sp³-hybridized carbons (Fsp3) is 0. The second-order valence-corrected chi connectivity index (χ2v) is 13.7. The molecule has 10 aromatic rings. The number of furan rings is 1. The van der Waals surface area contributed by atoms with Gasteiger partial charge in [-0.15, -0.1) is 0 Å². The molecule has 1 heterocycles. The van der Waals surface area contributed by atoms with Crippen molar-refractivity contribution < 1.29 is 4.42 Å². The van der Waals surface area contributed by atoms with Crippen LogP contribution in [0.25, 0.3) is 77.2 Å². The summed E-state index contributed by atoms with van der Waals surface area (Å²) in [5, 5.41) is 4.68. The fourth-order valence-corrected chi connectivity index (χ4v) is 7.78. The third-order valence-corrected chi connectivity index (χ3v) is 10.5. The van der Waals surface area contributed by atoms with E-state index in [1.807, 2.05) is 6.07 Å². The van der Waals surface area contributed by atoms with Crippen LogP contribution in [0.2, 0.25) is 0 Å². The summed E-state index contributed by atoms with van der Waals surface area (Å²) in [5.41, 5.74) is 14.3. The summed E-state index contributed by atoms with van der Waals surface area (Å²) < 4.78 is 6.65. The predicted octanol–water partition coefficient (Wildman–Crippen LogP) is 14.9. The van der Waals surface area contributed by atoms with Crippen LogP contribution in [-0.4, -0.2) is 0 Å². The lowest BCUT2D eigenvalue weighted by atomic mass is 9.97. The number of benzene rings is 9. The molecule has 2 nitrogen and oxygen atoms in total. The third-order valence-electron chi connectivity index (χ3n) is 10.5. The van der Waals surface area contributed by atoms with Gasteiger partial charge < -0.3 is 9.32 Å². The number of para-hydroxylation sites is 1. The highest BCUT2D eigenvalue weighted by Crippen LogP contribution is 2.44. The Labute approximate surface area is 314 Å². The van der Waals surface area contributed by atoms with Crippen molar-refractivity contribution >= 4 is 49.8 Å². The van der Waals surface area contributed by atoms with Gasteiger partial charge in [0.2, 0.25) is 0 Å². The van der Waals surface area contributed by atoms with Gasteiger partial charge in [-0.3, -0.25) is 0 Å². The molecule has 54 heavy (non-hydrogen) atoms. The van der Waals surface area contributed by atoms with Crippen LogP contribution in [0.5, 0.6) is 0 Å². The summed E-state index contributed by atoms with van der Waals surface area (Å²) in [4.78, 5) is 2.37. The summed E-state index contributed by atoms with van der Waals surface area (Å²) in [5.74, 6) is 0. The van der Waals surface area contributed by atoms with Gasteiger partial charge in [0.25, 0.3) is 0 Å². The Morgan fingerprint density at radius 3 is 1.44 bits per heavy atom. The Balaban J connectivity index is 1.15. The quantitative estimate of drug-likeness (QED) is 0.166. The number of hydrogen-bond acceptors (Lipinski definition) is 2. The van der Waals surface area contributed by atoms with Crippen molar-refractivity contribution in [2.75, 3.05) is 4.90 Å². The molecule has 0 amide bonds. The van der Waals surface area contributed by atoms with E-state index in [1.54, 1.807) is 0 Å². The average Bonchev–Trinajstić information content (AvgIpc) is 3.63. The Kier molecular flexibility index (Phi) is 7.85. The molecule has 0 radical (unpaired) electrons. The van der Waals surface area contributed by atoms with Crippen molar-refractivity contribution in [1.82, 2.24) is 0 Å². The van der Waals surface area contributed by atoms with Gasteiger partial charge in [-0.25, -0.2) is 0 Å². The van der Waals surface area contributed by atoms with Gasteiger partial charge in [-0.2, -0.15) is 0 Å². The second-order valence-electron chi connectivity index (χ2n) is 13.7. The van der Waals surface area contributed by atoms with Crippen molar-refractivity contribution in [1.29, 1.82) is 0 Å².